The number of nitrogens with zero attached hydrogens (tertiary/aromatic N) is 6. The van der Waals surface area contributed by atoms with Crippen LogP contribution in [0.5, 0.6) is 5.75 Å². The number of aromatic nitrogens is 3. The Morgan fingerprint density at radius 3 is 2.91 bits per heavy atom. The highest BCUT2D eigenvalue weighted by atomic mass is 19.1. The first kappa shape index (κ1) is 22.1. The van der Waals surface area contributed by atoms with Crippen LogP contribution >= 0.6 is 0 Å². The van der Waals surface area contributed by atoms with Gasteiger partial charge in [0.05, 0.1) is 24.5 Å². The second kappa shape index (κ2) is 8.37. The van der Waals surface area contributed by atoms with Crippen LogP contribution in [0.2, 0.25) is 0 Å². The van der Waals surface area contributed by atoms with Crippen molar-refractivity contribution < 1.29 is 13.9 Å². The molecule has 3 aromatic rings. The summed E-state index contributed by atoms with van der Waals surface area (Å²) in [5.74, 6) is 0.925. The molecule has 0 saturated carbocycles. The van der Waals surface area contributed by atoms with E-state index in [1.807, 2.05) is 29.3 Å². The molecule has 3 aliphatic heterocycles. The lowest BCUT2D eigenvalue weighted by Gasteiger charge is -2.45. The molecule has 9 nitrogen and oxygen atoms in total. The number of hydrogen-bond donors (Lipinski definition) is 1. The standard InChI is InChI=1S/C25H30FN7O2/c1-15(2)32-13-16-12-30(3)7-8-31(16)20-11-28-25(33-14-29-22(23(20)33)24(32)34)27-10-18-17-6-9-35-21(17)5-4-19(18)26/h4-5,11,14-16H,6-10,12-13H2,1-3H3,(H,27,28)/t16-/m1/s1. The molecule has 0 aliphatic carbocycles. The molecule has 1 atom stereocenters. The number of likely N-dealkylation sites (N-methyl/N-ethyl adjacent to an activating group) is 1. The van der Waals surface area contributed by atoms with Gasteiger partial charge in [0.1, 0.15) is 23.4 Å². The van der Waals surface area contributed by atoms with Crippen molar-refractivity contribution in [3.63, 3.8) is 0 Å². The molecule has 1 aromatic carbocycles. The predicted molar refractivity (Wildman–Crippen MR) is 131 cm³/mol. The molecule has 6 rings (SSSR count). The maximum Gasteiger partial charge on any atom is 0.275 e. The zero-order valence-electron chi connectivity index (χ0n) is 20.3. The van der Waals surface area contributed by atoms with Gasteiger partial charge in [-0.1, -0.05) is 0 Å². The molecule has 2 aromatic heterocycles. The second-order valence-corrected chi connectivity index (χ2v) is 9.89. The van der Waals surface area contributed by atoms with Gasteiger partial charge in [0.15, 0.2) is 5.69 Å². The van der Waals surface area contributed by atoms with E-state index in [2.05, 4.69) is 27.1 Å². The molecule has 10 heteroatoms. The first-order chi connectivity index (χ1) is 16.9. The Hall–Kier alpha value is -3.40. The van der Waals surface area contributed by atoms with Gasteiger partial charge in [-0.25, -0.2) is 14.4 Å². The van der Waals surface area contributed by atoms with Crippen molar-refractivity contribution in [2.75, 3.05) is 50.1 Å². The summed E-state index contributed by atoms with van der Waals surface area (Å²) in [6.07, 6.45) is 4.16. The van der Waals surface area contributed by atoms with Crippen molar-refractivity contribution in [1.29, 1.82) is 0 Å². The molecule has 35 heavy (non-hydrogen) atoms. The van der Waals surface area contributed by atoms with E-state index < -0.39 is 0 Å². The number of piperazine rings is 1. The Kier molecular flexibility index (Phi) is 5.28. The highest BCUT2D eigenvalue weighted by Gasteiger charge is 2.36. The molecule has 184 valence electrons. The molecule has 0 unspecified atom stereocenters. The zero-order chi connectivity index (χ0) is 24.3. The first-order valence-corrected chi connectivity index (χ1v) is 12.2. The maximum atomic E-state index is 14.7. The minimum Gasteiger partial charge on any atom is -0.493 e. The third-order valence-electron chi connectivity index (χ3n) is 7.40. The van der Waals surface area contributed by atoms with E-state index in [1.54, 1.807) is 12.4 Å². The fourth-order valence-electron chi connectivity index (χ4n) is 5.55. The van der Waals surface area contributed by atoms with E-state index in [1.165, 1.54) is 6.07 Å². The van der Waals surface area contributed by atoms with E-state index in [0.29, 0.717) is 36.8 Å². The molecule has 1 fully saturated rings. The maximum absolute atomic E-state index is 14.7. The summed E-state index contributed by atoms with van der Waals surface area (Å²) in [6, 6.07) is 3.35. The van der Waals surface area contributed by atoms with E-state index in [-0.39, 0.29) is 30.4 Å². The van der Waals surface area contributed by atoms with Crippen LogP contribution in [0, 0.1) is 5.82 Å². The zero-order valence-corrected chi connectivity index (χ0v) is 20.3. The van der Waals surface area contributed by atoms with Crippen LogP contribution in [-0.2, 0) is 13.0 Å². The second-order valence-electron chi connectivity index (χ2n) is 9.89. The van der Waals surface area contributed by atoms with E-state index >= 15 is 0 Å². The number of amides is 1. The predicted octanol–water partition coefficient (Wildman–Crippen LogP) is 2.40. The number of imidazole rings is 1. The van der Waals surface area contributed by atoms with Gasteiger partial charge >= 0.3 is 0 Å². The lowest BCUT2D eigenvalue weighted by atomic mass is 10.0. The number of carbonyl (C=O) groups excluding carboxylic acids is 1. The van der Waals surface area contributed by atoms with Gasteiger partial charge < -0.3 is 24.8 Å². The highest BCUT2D eigenvalue weighted by molar-refractivity contribution is 6.03. The molecule has 1 amide bonds. The summed E-state index contributed by atoms with van der Waals surface area (Å²) in [5.41, 5.74) is 3.57. The number of ether oxygens (including phenoxy) is 1. The molecule has 1 saturated heterocycles. The average Bonchev–Trinajstić information content (AvgIpc) is 3.48. The molecular formula is C25H30FN7O2. The van der Waals surface area contributed by atoms with Crippen LogP contribution < -0.4 is 15.0 Å². The summed E-state index contributed by atoms with van der Waals surface area (Å²) in [6.45, 7) is 8.19. The van der Waals surface area contributed by atoms with E-state index in [4.69, 9.17) is 9.72 Å². The molecule has 0 radical (unpaired) electrons. The summed E-state index contributed by atoms with van der Waals surface area (Å²) < 4.78 is 22.1. The Bertz CT molecular complexity index is 1310. The van der Waals surface area contributed by atoms with Gasteiger partial charge in [-0.2, -0.15) is 0 Å². The first-order valence-electron chi connectivity index (χ1n) is 12.2. The molecule has 0 bridgehead atoms. The molecule has 5 heterocycles. The molecule has 1 N–H and O–H groups in total. The Morgan fingerprint density at radius 2 is 2.09 bits per heavy atom. The lowest BCUT2D eigenvalue weighted by Crippen LogP contribution is -2.58. The normalized spacial score (nSPS) is 20.0. The quantitative estimate of drug-likeness (QED) is 0.616. The van der Waals surface area contributed by atoms with Crippen molar-refractivity contribution in [1.82, 2.24) is 24.2 Å². The van der Waals surface area contributed by atoms with Crippen molar-refractivity contribution in [3.8, 4) is 5.75 Å². The Labute approximate surface area is 203 Å². The number of carbonyl (C=O) groups is 1. The average molecular weight is 480 g/mol. The van der Waals surface area contributed by atoms with Crippen molar-refractivity contribution in [2.45, 2.75) is 38.9 Å². The number of halogens is 1. The fraction of sp³-hybridized carbons (Fsp3) is 0.480. The SMILES string of the molecule is CC(C)N1C[C@H]2CN(C)CCN2c2cnc(NCc3c(F)ccc4c3CCO4)n3cnc(c23)C1=O. The van der Waals surface area contributed by atoms with Crippen LogP contribution in [0.25, 0.3) is 5.52 Å². The van der Waals surface area contributed by atoms with Gasteiger partial charge in [-0.15, -0.1) is 0 Å². The number of rotatable bonds is 4. The van der Waals surface area contributed by atoms with Crippen molar-refractivity contribution in [2.24, 2.45) is 0 Å². The van der Waals surface area contributed by atoms with Crippen LogP contribution in [-0.4, -0.2) is 82.0 Å². The van der Waals surface area contributed by atoms with Gasteiger partial charge in [0.2, 0.25) is 5.95 Å². The van der Waals surface area contributed by atoms with E-state index in [0.717, 1.165) is 42.2 Å². The number of nitrogens with one attached hydrogen (secondary N) is 1. The van der Waals surface area contributed by atoms with Crippen LogP contribution in [0.15, 0.2) is 24.7 Å². The fourth-order valence-corrected chi connectivity index (χ4v) is 5.55. The smallest absolute Gasteiger partial charge is 0.275 e. The number of benzene rings is 1. The van der Waals surface area contributed by atoms with Gasteiger partial charge in [-0.3, -0.25) is 9.20 Å². The third kappa shape index (κ3) is 3.58. The number of hydrogen-bond acceptors (Lipinski definition) is 7. The highest BCUT2D eigenvalue weighted by Crippen LogP contribution is 2.34. The van der Waals surface area contributed by atoms with Crippen molar-refractivity contribution >= 4 is 23.1 Å². The Balaban J connectivity index is 1.42. The Morgan fingerprint density at radius 1 is 1.23 bits per heavy atom. The number of anilines is 2. The summed E-state index contributed by atoms with van der Waals surface area (Å²) >= 11 is 0. The molecular weight excluding hydrogens is 449 g/mol. The van der Waals surface area contributed by atoms with Gasteiger partial charge in [-0.05, 0) is 33.0 Å². The third-order valence-corrected chi connectivity index (χ3v) is 7.40. The lowest BCUT2D eigenvalue weighted by molar-refractivity contribution is 0.0668. The molecule has 0 spiro atoms. The minimum absolute atomic E-state index is 0.0553. The van der Waals surface area contributed by atoms with E-state index in [9.17, 15) is 9.18 Å². The van der Waals surface area contributed by atoms with Crippen LogP contribution in [0.3, 0.4) is 0 Å². The summed E-state index contributed by atoms with van der Waals surface area (Å²) in [4.78, 5) is 29.4. The van der Waals surface area contributed by atoms with Crippen molar-refractivity contribution in [3.05, 3.63) is 47.3 Å². The summed E-state index contributed by atoms with van der Waals surface area (Å²) in [7, 11) is 2.12. The van der Waals surface area contributed by atoms with Gasteiger partial charge in [0.25, 0.3) is 5.91 Å². The largest absolute Gasteiger partial charge is 0.493 e. The summed E-state index contributed by atoms with van der Waals surface area (Å²) in [5, 5.41) is 3.29. The van der Waals surface area contributed by atoms with Crippen LogP contribution in [0.1, 0.15) is 35.5 Å². The monoisotopic (exact) mass is 479 g/mol. The minimum atomic E-state index is -0.265. The number of fused-ring (bicyclic) bond motifs is 3. The van der Waals surface area contributed by atoms with Crippen LogP contribution in [0.4, 0.5) is 16.0 Å². The topological polar surface area (TPSA) is 78.2 Å². The van der Waals surface area contributed by atoms with Gasteiger partial charge in [0, 0.05) is 56.3 Å². The molecule has 3 aliphatic rings.